The molecule has 0 aromatic heterocycles. The lowest BCUT2D eigenvalue weighted by molar-refractivity contribution is -0.122. The molecule has 0 aliphatic heterocycles. The van der Waals surface area contributed by atoms with Crippen LogP contribution in [0, 0.1) is 12.0 Å². The summed E-state index contributed by atoms with van der Waals surface area (Å²) < 4.78 is 10.8. The van der Waals surface area contributed by atoms with Crippen LogP contribution < -0.4 is 9.47 Å². The number of carbonyl (C=O) groups is 1. The molecule has 4 heteroatoms. The highest BCUT2D eigenvalue weighted by atomic mass is 16.5. The molecule has 0 unspecified atom stereocenters. The normalized spacial score (nSPS) is 17.8. The van der Waals surface area contributed by atoms with E-state index in [1.807, 2.05) is 32.9 Å². The third kappa shape index (κ3) is 2.91. The molecule has 1 aliphatic rings. The van der Waals surface area contributed by atoms with Crippen LogP contribution in [-0.2, 0) is 10.2 Å². The van der Waals surface area contributed by atoms with Crippen molar-refractivity contribution in [1.29, 1.82) is 0 Å². The molecule has 24 heavy (non-hydrogen) atoms. The molecule has 0 heterocycles. The van der Waals surface area contributed by atoms with Gasteiger partial charge in [-0.25, -0.2) is 4.85 Å². The lowest BCUT2D eigenvalue weighted by Crippen LogP contribution is -2.21. The maximum Gasteiger partial charge on any atom is 0.233 e. The molecule has 0 bridgehead atoms. The van der Waals surface area contributed by atoms with E-state index in [1.165, 1.54) is 0 Å². The summed E-state index contributed by atoms with van der Waals surface area (Å²) in [5, 5.41) is 0. The number of hydrogen-bond acceptors (Lipinski definition) is 3. The standard InChI is InChI=1S/C20H25NO3/c1-19(2,3)18(22)17(21-6)13-11-20(4,5)14-10-16(24-8)15(23-7)9-12(13)14/h9-10H,11H2,1-5,7-8H3/b17-13-. The number of hydrogen-bond donors (Lipinski definition) is 0. The Kier molecular flexibility index (Phi) is 4.50. The summed E-state index contributed by atoms with van der Waals surface area (Å²) in [6.45, 7) is 17.3. The number of ketones is 1. The van der Waals surface area contributed by atoms with Crippen molar-refractivity contribution in [2.75, 3.05) is 14.2 Å². The van der Waals surface area contributed by atoms with Crippen LogP contribution in [0.3, 0.4) is 0 Å². The summed E-state index contributed by atoms with van der Waals surface area (Å²) in [5.74, 6) is 1.15. The van der Waals surface area contributed by atoms with Gasteiger partial charge in [-0.1, -0.05) is 34.6 Å². The van der Waals surface area contributed by atoms with Gasteiger partial charge in [0.2, 0.25) is 5.70 Å². The molecule has 1 aromatic rings. The summed E-state index contributed by atoms with van der Waals surface area (Å²) in [5.41, 5.74) is 2.29. The van der Waals surface area contributed by atoms with Crippen molar-refractivity contribution < 1.29 is 14.3 Å². The van der Waals surface area contributed by atoms with Gasteiger partial charge in [-0.05, 0) is 40.7 Å². The fraction of sp³-hybridized carbons (Fsp3) is 0.500. The quantitative estimate of drug-likeness (QED) is 0.600. The van der Waals surface area contributed by atoms with Gasteiger partial charge < -0.3 is 14.3 Å². The summed E-state index contributed by atoms with van der Waals surface area (Å²) in [7, 11) is 3.19. The summed E-state index contributed by atoms with van der Waals surface area (Å²) in [4.78, 5) is 16.4. The summed E-state index contributed by atoms with van der Waals surface area (Å²) >= 11 is 0. The van der Waals surface area contributed by atoms with E-state index in [4.69, 9.17) is 16.0 Å². The van der Waals surface area contributed by atoms with E-state index < -0.39 is 5.41 Å². The van der Waals surface area contributed by atoms with Crippen LogP contribution in [0.1, 0.15) is 52.2 Å². The van der Waals surface area contributed by atoms with E-state index in [2.05, 4.69) is 18.7 Å². The first-order chi connectivity index (χ1) is 11.1. The van der Waals surface area contributed by atoms with Crippen LogP contribution in [0.4, 0.5) is 0 Å². The van der Waals surface area contributed by atoms with Gasteiger partial charge in [-0.3, -0.25) is 0 Å². The molecule has 0 spiro atoms. The third-order valence-electron chi connectivity index (χ3n) is 4.49. The van der Waals surface area contributed by atoms with E-state index in [9.17, 15) is 4.79 Å². The van der Waals surface area contributed by atoms with Gasteiger partial charge in [-0.2, -0.15) is 0 Å². The van der Waals surface area contributed by atoms with Crippen molar-refractivity contribution in [2.45, 2.75) is 46.5 Å². The maximum atomic E-state index is 12.8. The van der Waals surface area contributed by atoms with Crippen molar-refractivity contribution >= 4 is 11.4 Å². The van der Waals surface area contributed by atoms with Crippen LogP contribution in [0.2, 0.25) is 0 Å². The second-order valence-electron chi connectivity index (χ2n) is 7.83. The minimum atomic E-state index is -0.587. The lowest BCUT2D eigenvalue weighted by atomic mass is 9.85. The highest BCUT2D eigenvalue weighted by molar-refractivity contribution is 6.08. The predicted molar refractivity (Wildman–Crippen MR) is 95.2 cm³/mol. The van der Waals surface area contributed by atoms with E-state index in [0.717, 1.165) is 16.7 Å². The molecule has 0 saturated heterocycles. The Labute approximate surface area is 144 Å². The zero-order valence-corrected chi connectivity index (χ0v) is 15.5. The van der Waals surface area contributed by atoms with Crippen molar-refractivity contribution in [3.63, 3.8) is 0 Å². The van der Waals surface area contributed by atoms with Crippen molar-refractivity contribution in [3.8, 4) is 11.5 Å². The molecule has 0 fully saturated rings. The van der Waals surface area contributed by atoms with Gasteiger partial charge in [0.25, 0.3) is 0 Å². The largest absolute Gasteiger partial charge is 0.493 e. The molecule has 128 valence electrons. The predicted octanol–water partition coefficient (Wildman–Crippen LogP) is 4.63. The average Bonchev–Trinajstić information content (AvgIpc) is 2.76. The van der Waals surface area contributed by atoms with Crippen LogP contribution >= 0.6 is 0 Å². The number of rotatable bonds is 3. The number of ether oxygens (including phenoxy) is 2. The summed E-state index contributed by atoms with van der Waals surface area (Å²) in [6.07, 6.45) is 0.651. The SMILES string of the molecule is [C-]#[N+]/C(C(=O)C(C)(C)C)=C1/CC(C)(C)c2cc(OC)c(OC)cc21. The van der Waals surface area contributed by atoms with Gasteiger partial charge in [0.05, 0.1) is 20.8 Å². The Morgan fingerprint density at radius 1 is 1.17 bits per heavy atom. The Bertz CT molecular complexity index is 758. The Morgan fingerprint density at radius 3 is 2.17 bits per heavy atom. The lowest BCUT2D eigenvalue weighted by Gasteiger charge is -2.20. The molecule has 0 N–H and O–H groups in total. The van der Waals surface area contributed by atoms with Crippen LogP contribution in [0.15, 0.2) is 17.8 Å². The van der Waals surface area contributed by atoms with Gasteiger partial charge in [0.15, 0.2) is 17.3 Å². The van der Waals surface area contributed by atoms with Gasteiger partial charge in [0.1, 0.15) is 0 Å². The van der Waals surface area contributed by atoms with Gasteiger partial charge >= 0.3 is 0 Å². The minimum Gasteiger partial charge on any atom is -0.493 e. The molecule has 1 aliphatic carbocycles. The fourth-order valence-electron chi connectivity index (χ4n) is 3.14. The second kappa shape index (κ2) is 5.98. The van der Waals surface area contributed by atoms with Gasteiger partial charge in [0, 0.05) is 5.41 Å². The smallest absolute Gasteiger partial charge is 0.233 e. The first-order valence-electron chi connectivity index (χ1n) is 7.99. The number of methoxy groups -OCH3 is 2. The Balaban J connectivity index is 2.77. The van der Waals surface area contributed by atoms with Crippen molar-refractivity contribution in [1.82, 2.24) is 0 Å². The number of benzene rings is 1. The molecule has 0 amide bonds. The number of fused-ring (bicyclic) bond motifs is 1. The maximum absolute atomic E-state index is 12.8. The molecule has 1 aromatic carbocycles. The van der Waals surface area contributed by atoms with Gasteiger partial charge in [-0.15, -0.1) is 0 Å². The van der Waals surface area contributed by atoms with E-state index >= 15 is 0 Å². The minimum absolute atomic E-state index is 0.120. The van der Waals surface area contributed by atoms with E-state index in [0.29, 0.717) is 17.9 Å². The fourth-order valence-corrected chi connectivity index (χ4v) is 3.14. The zero-order valence-electron chi connectivity index (χ0n) is 15.5. The van der Waals surface area contributed by atoms with Crippen molar-refractivity contribution in [3.05, 3.63) is 40.4 Å². The highest BCUT2D eigenvalue weighted by Gasteiger charge is 2.39. The molecule has 0 atom stereocenters. The first kappa shape index (κ1) is 18.1. The first-order valence-corrected chi connectivity index (χ1v) is 7.99. The van der Waals surface area contributed by atoms with Crippen LogP contribution in [0.5, 0.6) is 11.5 Å². The van der Waals surface area contributed by atoms with Crippen LogP contribution in [-0.4, -0.2) is 20.0 Å². The topological polar surface area (TPSA) is 39.9 Å². The molecular weight excluding hydrogens is 302 g/mol. The monoisotopic (exact) mass is 327 g/mol. The zero-order chi connectivity index (χ0) is 18.3. The van der Waals surface area contributed by atoms with E-state index in [1.54, 1.807) is 14.2 Å². The Morgan fingerprint density at radius 2 is 1.71 bits per heavy atom. The Hall–Kier alpha value is -2.28. The van der Waals surface area contributed by atoms with E-state index in [-0.39, 0.29) is 16.9 Å². The second-order valence-corrected chi connectivity index (χ2v) is 7.83. The molecule has 0 radical (unpaired) electrons. The molecule has 0 saturated carbocycles. The summed E-state index contributed by atoms with van der Waals surface area (Å²) in [6, 6.07) is 3.85. The molecule has 2 rings (SSSR count). The average molecular weight is 327 g/mol. The molecule has 4 nitrogen and oxygen atoms in total. The van der Waals surface area contributed by atoms with Crippen molar-refractivity contribution in [2.24, 2.45) is 5.41 Å². The number of carbonyl (C=O) groups excluding carboxylic acids is 1. The highest BCUT2D eigenvalue weighted by Crippen LogP contribution is 2.50. The molecular formula is C20H25NO3. The van der Waals surface area contributed by atoms with Crippen LogP contribution in [0.25, 0.3) is 10.4 Å². The number of allylic oxidation sites excluding steroid dienone is 2. The number of nitrogens with zero attached hydrogens (tertiary/aromatic N) is 1. The number of Topliss-reactive ketones (excluding diaryl/α,β-unsaturated/α-hetero) is 1. The third-order valence-corrected chi connectivity index (χ3v) is 4.49.